The van der Waals surface area contributed by atoms with Crippen molar-refractivity contribution in [1.82, 2.24) is 15.0 Å². The van der Waals surface area contributed by atoms with E-state index in [-0.39, 0.29) is 12.1 Å². The number of nitrogens with zero attached hydrogens (tertiary/aromatic N) is 4. The molecule has 3 heterocycles. The monoisotopic (exact) mass is 417 g/mol. The van der Waals surface area contributed by atoms with E-state index in [0.29, 0.717) is 48.0 Å². The largest absolute Gasteiger partial charge is 0.481 e. The minimum Gasteiger partial charge on any atom is -0.481 e. The van der Waals surface area contributed by atoms with Gasteiger partial charge in [0.2, 0.25) is 23.6 Å². The van der Waals surface area contributed by atoms with Crippen molar-refractivity contribution in [2.45, 2.75) is 38.8 Å². The van der Waals surface area contributed by atoms with Crippen LogP contribution in [0.5, 0.6) is 17.6 Å². The van der Waals surface area contributed by atoms with Crippen LogP contribution >= 0.6 is 0 Å². The smallest absolute Gasteiger partial charge is 0.414 e. The standard InChI is InChI=1S/C20H27N5O5/c1-6-12-10-13(21-19-23-16(28-4)11-17(24-19)29-5)18-14(8-9-15(22-18)27-3)25(12)20(26)30-7-2/h8-9,11-13H,6-7,10H2,1-5H3,(H,21,23,24)/t12-,13+/m1/s1. The number of hydrogen-bond acceptors (Lipinski definition) is 9. The molecule has 0 saturated heterocycles. The Bertz CT molecular complexity index is 872. The Morgan fingerprint density at radius 2 is 1.73 bits per heavy atom. The van der Waals surface area contributed by atoms with Crippen molar-refractivity contribution in [2.75, 3.05) is 38.2 Å². The first-order valence-electron chi connectivity index (χ1n) is 9.79. The second kappa shape index (κ2) is 9.47. The second-order valence-corrected chi connectivity index (χ2v) is 6.60. The fourth-order valence-electron chi connectivity index (χ4n) is 3.46. The third-order valence-corrected chi connectivity index (χ3v) is 4.89. The molecule has 2 aromatic heterocycles. The first kappa shape index (κ1) is 21.4. The van der Waals surface area contributed by atoms with Gasteiger partial charge in [-0.1, -0.05) is 6.92 Å². The molecule has 0 fully saturated rings. The number of aromatic nitrogens is 3. The zero-order valence-corrected chi connectivity index (χ0v) is 17.8. The quantitative estimate of drug-likeness (QED) is 0.726. The number of carbonyl (C=O) groups excluding carboxylic acids is 1. The normalized spacial score (nSPS) is 17.7. The average molecular weight is 417 g/mol. The van der Waals surface area contributed by atoms with E-state index in [4.69, 9.17) is 18.9 Å². The molecular weight excluding hydrogens is 390 g/mol. The first-order chi connectivity index (χ1) is 14.5. The Morgan fingerprint density at radius 3 is 2.30 bits per heavy atom. The third-order valence-electron chi connectivity index (χ3n) is 4.89. The van der Waals surface area contributed by atoms with E-state index in [1.165, 1.54) is 14.2 Å². The first-order valence-corrected chi connectivity index (χ1v) is 9.79. The van der Waals surface area contributed by atoms with E-state index in [1.54, 1.807) is 31.1 Å². The van der Waals surface area contributed by atoms with Gasteiger partial charge in [0.1, 0.15) is 0 Å². The summed E-state index contributed by atoms with van der Waals surface area (Å²) in [5.41, 5.74) is 1.32. The summed E-state index contributed by atoms with van der Waals surface area (Å²) >= 11 is 0. The van der Waals surface area contributed by atoms with Gasteiger partial charge in [-0.15, -0.1) is 0 Å². The van der Waals surface area contributed by atoms with E-state index >= 15 is 0 Å². The highest BCUT2D eigenvalue weighted by Crippen LogP contribution is 2.40. The lowest BCUT2D eigenvalue weighted by Gasteiger charge is -2.39. The van der Waals surface area contributed by atoms with Gasteiger partial charge >= 0.3 is 6.09 Å². The van der Waals surface area contributed by atoms with Crippen molar-refractivity contribution < 1.29 is 23.7 Å². The van der Waals surface area contributed by atoms with Crippen LogP contribution in [0.4, 0.5) is 16.4 Å². The predicted octanol–water partition coefficient (Wildman–Crippen LogP) is 3.20. The van der Waals surface area contributed by atoms with Gasteiger partial charge in [-0.25, -0.2) is 9.78 Å². The topological polar surface area (TPSA) is 108 Å². The number of carbonyl (C=O) groups is 1. The Labute approximate surface area is 175 Å². The number of methoxy groups -OCH3 is 3. The van der Waals surface area contributed by atoms with Crippen molar-refractivity contribution in [3.8, 4) is 17.6 Å². The summed E-state index contributed by atoms with van der Waals surface area (Å²) in [5.74, 6) is 1.54. The van der Waals surface area contributed by atoms with E-state index in [1.807, 2.05) is 13.0 Å². The maximum atomic E-state index is 12.7. The van der Waals surface area contributed by atoms with Crippen LogP contribution < -0.4 is 24.4 Å². The van der Waals surface area contributed by atoms with Crippen molar-refractivity contribution >= 4 is 17.7 Å². The molecule has 1 N–H and O–H groups in total. The highest BCUT2D eigenvalue weighted by atomic mass is 16.6. The molecule has 3 rings (SSSR count). The van der Waals surface area contributed by atoms with Gasteiger partial charge in [0.15, 0.2) is 0 Å². The highest BCUT2D eigenvalue weighted by Gasteiger charge is 2.38. The number of ether oxygens (including phenoxy) is 4. The van der Waals surface area contributed by atoms with Gasteiger partial charge in [-0.05, 0) is 25.8 Å². The Balaban J connectivity index is 2.03. The molecule has 0 aromatic carbocycles. The summed E-state index contributed by atoms with van der Waals surface area (Å²) in [5, 5.41) is 3.31. The van der Waals surface area contributed by atoms with Crippen LogP contribution in [0, 0.1) is 0 Å². The zero-order valence-electron chi connectivity index (χ0n) is 17.8. The Kier molecular flexibility index (Phi) is 6.76. The number of hydrogen-bond donors (Lipinski definition) is 1. The third kappa shape index (κ3) is 4.32. The highest BCUT2D eigenvalue weighted by molar-refractivity contribution is 5.90. The molecule has 0 radical (unpaired) electrons. The van der Waals surface area contributed by atoms with E-state index in [0.717, 1.165) is 6.42 Å². The summed E-state index contributed by atoms with van der Waals surface area (Å²) in [6.45, 7) is 4.11. The van der Waals surface area contributed by atoms with Crippen molar-refractivity contribution in [3.63, 3.8) is 0 Å². The molecule has 30 heavy (non-hydrogen) atoms. The number of amides is 1. The van der Waals surface area contributed by atoms with Crippen LogP contribution in [0.1, 0.15) is 38.4 Å². The number of nitrogens with one attached hydrogen (secondary N) is 1. The minimum atomic E-state index is -0.393. The molecule has 2 aromatic rings. The van der Waals surface area contributed by atoms with Crippen molar-refractivity contribution in [2.24, 2.45) is 0 Å². The Hall–Kier alpha value is -3.30. The lowest BCUT2D eigenvalue weighted by Crippen LogP contribution is -2.46. The maximum Gasteiger partial charge on any atom is 0.414 e. The van der Waals surface area contributed by atoms with Crippen LogP contribution in [-0.4, -0.2) is 55.0 Å². The summed E-state index contributed by atoms with van der Waals surface area (Å²) in [4.78, 5) is 27.7. The van der Waals surface area contributed by atoms with Crippen molar-refractivity contribution in [3.05, 3.63) is 23.9 Å². The van der Waals surface area contributed by atoms with Gasteiger partial charge < -0.3 is 24.3 Å². The molecule has 1 aliphatic heterocycles. The summed E-state index contributed by atoms with van der Waals surface area (Å²) in [6, 6.07) is 4.80. The van der Waals surface area contributed by atoms with Gasteiger partial charge in [0.05, 0.1) is 51.4 Å². The van der Waals surface area contributed by atoms with Crippen LogP contribution in [0.2, 0.25) is 0 Å². The summed E-state index contributed by atoms with van der Waals surface area (Å²) < 4.78 is 21.1. The lowest BCUT2D eigenvalue weighted by molar-refractivity contribution is 0.155. The maximum absolute atomic E-state index is 12.7. The number of fused-ring (bicyclic) bond motifs is 1. The summed E-state index contributed by atoms with van der Waals surface area (Å²) in [7, 11) is 4.60. The van der Waals surface area contributed by atoms with Crippen molar-refractivity contribution in [1.29, 1.82) is 0 Å². The molecule has 2 atom stereocenters. The lowest BCUT2D eigenvalue weighted by atomic mass is 9.93. The zero-order chi connectivity index (χ0) is 21.7. The Morgan fingerprint density at radius 1 is 1.07 bits per heavy atom. The SMILES string of the molecule is CCOC(=O)N1c2ccc(OC)nc2[C@@H](Nc2nc(OC)cc(OC)n2)C[C@H]1CC. The number of rotatable bonds is 7. The minimum absolute atomic E-state index is 0.0863. The van der Waals surface area contributed by atoms with E-state index in [9.17, 15) is 4.79 Å². The van der Waals surface area contributed by atoms with Gasteiger partial charge in [0.25, 0.3) is 0 Å². The summed E-state index contributed by atoms with van der Waals surface area (Å²) in [6.07, 6.45) is 0.936. The average Bonchev–Trinajstić information content (AvgIpc) is 2.78. The molecule has 1 amide bonds. The van der Waals surface area contributed by atoms with Gasteiger partial charge in [0, 0.05) is 12.1 Å². The number of anilines is 2. The molecule has 0 unspecified atom stereocenters. The fraction of sp³-hybridized carbons (Fsp3) is 0.500. The number of pyridine rings is 1. The van der Waals surface area contributed by atoms with Gasteiger partial charge in [-0.3, -0.25) is 4.90 Å². The van der Waals surface area contributed by atoms with Crippen LogP contribution in [0.3, 0.4) is 0 Å². The van der Waals surface area contributed by atoms with Crippen LogP contribution in [0.15, 0.2) is 18.2 Å². The molecule has 162 valence electrons. The van der Waals surface area contributed by atoms with E-state index in [2.05, 4.69) is 20.3 Å². The molecule has 0 saturated carbocycles. The molecule has 0 aliphatic carbocycles. The molecule has 0 spiro atoms. The molecule has 0 bridgehead atoms. The van der Waals surface area contributed by atoms with Crippen LogP contribution in [0.25, 0.3) is 0 Å². The molecular formula is C20H27N5O5. The van der Waals surface area contributed by atoms with Crippen LogP contribution in [-0.2, 0) is 4.74 Å². The molecule has 1 aliphatic rings. The second-order valence-electron chi connectivity index (χ2n) is 6.60. The fourth-order valence-corrected chi connectivity index (χ4v) is 3.46. The predicted molar refractivity (Wildman–Crippen MR) is 110 cm³/mol. The van der Waals surface area contributed by atoms with Gasteiger partial charge in [-0.2, -0.15) is 9.97 Å². The van der Waals surface area contributed by atoms with E-state index < -0.39 is 6.09 Å². The molecule has 10 heteroatoms. The molecule has 10 nitrogen and oxygen atoms in total.